The fourth-order valence-electron chi connectivity index (χ4n) is 5.13. The van der Waals surface area contributed by atoms with Gasteiger partial charge in [0.1, 0.15) is 0 Å². The van der Waals surface area contributed by atoms with Crippen molar-refractivity contribution in [2.75, 3.05) is 0 Å². The highest BCUT2D eigenvalue weighted by molar-refractivity contribution is 5.83. The number of aliphatic carboxylic acids is 2. The van der Waals surface area contributed by atoms with Crippen LogP contribution in [0.1, 0.15) is 0 Å². The first-order valence-electron chi connectivity index (χ1n) is 10.1. The van der Waals surface area contributed by atoms with Crippen LogP contribution in [-0.2, 0) is 19.5 Å². The zero-order valence-electron chi connectivity index (χ0n) is 20.3. The summed E-state index contributed by atoms with van der Waals surface area (Å²) in [5.74, 6) is -58.2. The van der Waals surface area contributed by atoms with Crippen molar-refractivity contribution in [2.45, 2.75) is 59.1 Å². The third-order valence-electron chi connectivity index (χ3n) is 6.95. The molecule has 0 amide bonds. The molecule has 6 nitrogen and oxygen atoms in total. The maximum atomic E-state index is 14.8. The summed E-state index contributed by atoms with van der Waals surface area (Å²) in [5, 5.41) is 15.0. The van der Waals surface area contributed by atoms with Gasteiger partial charge in [-0.15, -0.1) is 9.88 Å². The van der Waals surface area contributed by atoms with Gasteiger partial charge >= 0.3 is 65.1 Å². The highest BCUT2D eigenvalue weighted by Gasteiger charge is 3.27. The Hall–Kier alpha value is -3.20. The minimum atomic E-state index is -8.92. The van der Waals surface area contributed by atoms with Crippen LogP contribution in [0.2, 0.25) is 0 Å². The van der Waals surface area contributed by atoms with Crippen LogP contribution in [0.15, 0.2) is 24.8 Å². The first-order chi connectivity index (χ1) is 19.9. The molecule has 0 unspecified atom stereocenters. The molecule has 4 rings (SSSR count). The third kappa shape index (κ3) is 3.45. The summed E-state index contributed by atoms with van der Waals surface area (Å²) in [4.78, 5) is 20.4. The van der Waals surface area contributed by atoms with E-state index in [0.29, 0.717) is 0 Å². The van der Waals surface area contributed by atoms with Crippen LogP contribution in [0.25, 0.3) is 0 Å². The summed E-state index contributed by atoms with van der Waals surface area (Å²) in [6.45, 7) is 4.98. The first-order valence-corrected chi connectivity index (χ1v) is 10.1. The zero-order valence-corrected chi connectivity index (χ0v) is 20.3. The highest BCUT2D eigenvalue weighted by atomic mass is 19.4. The monoisotopic (exact) mass is 736 g/mol. The van der Waals surface area contributed by atoms with Crippen LogP contribution in [0.3, 0.4) is 0 Å². The molecule has 0 aromatic heterocycles. The minimum absolute atomic E-state index is 0.994. The van der Waals surface area contributed by atoms with E-state index in [1.54, 1.807) is 0 Å². The third-order valence-corrected chi connectivity index (χ3v) is 6.95. The number of hydrogen-bond donors (Lipinski definition) is 2. The number of carboxylic acids is 2. The van der Waals surface area contributed by atoms with Gasteiger partial charge in [-0.25, -0.2) is 62.3 Å². The molecule has 0 saturated heterocycles. The quantitative estimate of drug-likeness (QED) is 0.220. The summed E-state index contributed by atoms with van der Waals surface area (Å²) in [6.07, 6.45) is -16.4. The maximum absolute atomic E-state index is 14.8. The van der Waals surface area contributed by atoms with Crippen molar-refractivity contribution < 1.29 is 127 Å². The maximum Gasteiger partial charge on any atom is 0.409 e. The number of carbonyl (C=O) groups is 2. The van der Waals surface area contributed by atoms with Crippen molar-refractivity contribution in [2.24, 2.45) is 10.8 Å². The Morgan fingerprint density at radius 3 is 0.783 bits per heavy atom. The lowest BCUT2D eigenvalue weighted by atomic mass is 9.32. The van der Waals surface area contributed by atoms with Crippen LogP contribution in [0, 0.1) is 10.8 Å². The molecule has 4 aliphatic rings. The molecule has 4 saturated carbocycles. The standard InChI is InChI=1S/C12F20O2.2C3H3FO2/c13-3-6(17,18)1(11(27,28)33-31)5(15,16)2(8(3,21)22,12(29,30)34-32)9(23,24)4(14,7(1,19)20)10(3,25)26;2*1-2(4)3(5)6/h;2*1H2,(H,5,6). The number of hydrogen-bond acceptors (Lipinski definition) is 4. The average Bonchev–Trinajstić information content (AvgIpc) is 2.84. The van der Waals surface area contributed by atoms with Crippen LogP contribution >= 0.6 is 0 Å². The van der Waals surface area contributed by atoms with Crippen LogP contribution in [0.4, 0.5) is 96.9 Å². The molecule has 268 valence electrons. The van der Waals surface area contributed by atoms with Gasteiger partial charge in [0.2, 0.25) is 11.7 Å². The summed E-state index contributed by atoms with van der Waals surface area (Å²) < 4.78 is 305. The van der Waals surface area contributed by atoms with Gasteiger partial charge in [0.25, 0.3) is 16.8 Å². The summed E-state index contributed by atoms with van der Waals surface area (Å²) >= 11 is 0. The van der Waals surface area contributed by atoms with Gasteiger partial charge < -0.3 is 10.2 Å². The van der Waals surface area contributed by atoms with Crippen molar-refractivity contribution in [3.63, 3.8) is 0 Å². The number of halogens is 22. The van der Waals surface area contributed by atoms with Crippen molar-refractivity contribution in [3.8, 4) is 0 Å². The van der Waals surface area contributed by atoms with Crippen LogP contribution in [-0.4, -0.2) is 81.2 Å². The Balaban J connectivity index is 0.000000747. The van der Waals surface area contributed by atoms with E-state index in [4.69, 9.17) is 10.2 Å². The second-order valence-corrected chi connectivity index (χ2v) is 8.87. The molecule has 0 atom stereocenters. The molecule has 2 N–H and O–H groups in total. The second kappa shape index (κ2) is 10.1. The Morgan fingerprint density at radius 1 is 0.478 bits per heavy atom. The van der Waals surface area contributed by atoms with Gasteiger partial charge in [0.05, 0.1) is 0 Å². The molecule has 28 heteroatoms. The predicted molar refractivity (Wildman–Crippen MR) is 92.3 cm³/mol. The Morgan fingerprint density at radius 2 is 0.652 bits per heavy atom. The normalized spacial score (nSPS) is 35.1. The molecule has 4 aliphatic carbocycles. The van der Waals surface area contributed by atoms with Gasteiger partial charge in [-0.2, -0.15) is 35.1 Å². The Bertz CT molecular complexity index is 1160. The molecule has 46 heavy (non-hydrogen) atoms. The van der Waals surface area contributed by atoms with Crippen molar-refractivity contribution in [1.82, 2.24) is 0 Å². The van der Waals surface area contributed by atoms with E-state index in [-0.39, 0.29) is 0 Å². The van der Waals surface area contributed by atoms with E-state index in [2.05, 4.69) is 13.2 Å². The number of carboxylic acid groups (broad SMARTS) is 2. The predicted octanol–water partition coefficient (Wildman–Crippen LogP) is 7.32. The van der Waals surface area contributed by atoms with E-state index in [1.807, 2.05) is 0 Å². The van der Waals surface area contributed by atoms with E-state index in [9.17, 15) is 106 Å². The van der Waals surface area contributed by atoms with Crippen LogP contribution < -0.4 is 0 Å². The fourth-order valence-corrected chi connectivity index (χ4v) is 5.13. The zero-order chi connectivity index (χ0) is 37.7. The van der Waals surface area contributed by atoms with E-state index < -0.39 is 93.5 Å². The lowest BCUT2D eigenvalue weighted by molar-refractivity contribution is -0.677. The molecular formula is C18H6F22O6. The van der Waals surface area contributed by atoms with Gasteiger partial charge in [-0.05, 0) is 9.05 Å². The molecule has 4 fully saturated rings. The summed E-state index contributed by atoms with van der Waals surface area (Å²) in [6, 6.07) is 0. The van der Waals surface area contributed by atoms with Crippen molar-refractivity contribution in [1.29, 1.82) is 0 Å². The molecule has 0 radical (unpaired) electrons. The highest BCUT2D eigenvalue weighted by Crippen LogP contribution is 2.95. The lowest BCUT2D eigenvalue weighted by Gasteiger charge is -2.77. The Labute approximate surface area is 234 Å². The molecule has 0 aromatic rings. The van der Waals surface area contributed by atoms with Gasteiger partial charge in [-0.3, -0.25) is 0 Å². The molecule has 4 bridgehead atoms. The second-order valence-electron chi connectivity index (χ2n) is 8.87. The molecular weight excluding hydrogens is 730 g/mol. The molecule has 0 heterocycles. The van der Waals surface area contributed by atoms with E-state index in [0.717, 1.165) is 9.88 Å². The summed E-state index contributed by atoms with van der Waals surface area (Å²) in [5.41, 5.74) is -34.6. The van der Waals surface area contributed by atoms with E-state index in [1.165, 1.54) is 0 Å². The molecule has 0 aliphatic heterocycles. The minimum Gasteiger partial charge on any atom is -0.476 e. The average molecular weight is 736 g/mol. The number of rotatable bonds is 6. The van der Waals surface area contributed by atoms with Crippen molar-refractivity contribution in [3.05, 3.63) is 24.8 Å². The smallest absolute Gasteiger partial charge is 0.409 e. The first kappa shape index (κ1) is 40.8. The fraction of sp³-hybridized carbons (Fsp3) is 0.667. The SMILES string of the molecule is C=C(F)C(=O)O.C=C(F)C(=O)O.FOC(F)(F)C12C(F)(F)C3(F)C(F)(F)C(F)(C1(F)F)C(F)(F)C(C(F)(F)OF)(C3(F)F)C2(F)F. The van der Waals surface area contributed by atoms with E-state index >= 15 is 0 Å². The van der Waals surface area contributed by atoms with Crippen molar-refractivity contribution >= 4 is 11.9 Å². The lowest BCUT2D eigenvalue weighted by Crippen LogP contribution is -3.09. The number of alkyl halides is 18. The van der Waals surface area contributed by atoms with Gasteiger partial charge in [0, 0.05) is 0 Å². The van der Waals surface area contributed by atoms with Gasteiger partial charge in [-0.1, -0.05) is 13.2 Å². The van der Waals surface area contributed by atoms with Crippen LogP contribution in [0.5, 0.6) is 0 Å². The molecule has 0 aromatic carbocycles. The summed E-state index contributed by atoms with van der Waals surface area (Å²) in [7, 11) is 0. The molecule has 0 spiro atoms. The topological polar surface area (TPSA) is 93.1 Å². The Kier molecular flexibility index (Phi) is 9.01. The largest absolute Gasteiger partial charge is 0.476 e. The van der Waals surface area contributed by atoms with Gasteiger partial charge in [0.15, 0.2) is 0 Å².